The van der Waals surface area contributed by atoms with Gasteiger partial charge in [0.25, 0.3) is 0 Å². The number of pyridine rings is 2. The van der Waals surface area contributed by atoms with Crippen LogP contribution in [0.3, 0.4) is 0 Å². The molecule has 3 heterocycles. The molecule has 2 aromatic heterocycles. The molecule has 1 atom stereocenters. The summed E-state index contributed by atoms with van der Waals surface area (Å²) < 4.78 is 0. The average Bonchev–Trinajstić information content (AvgIpc) is 3.38. The third kappa shape index (κ3) is 5.59. The summed E-state index contributed by atoms with van der Waals surface area (Å²) in [4.78, 5) is 20.5. The maximum Gasteiger partial charge on any atom is 0.110 e. The molecular weight excluding hydrogens is 408 g/mol. The van der Waals surface area contributed by atoms with E-state index in [1.165, 1.54) is 28.8 Å². The molecular formula is C27H30N6. The van der Waals surface area contributed by atoms with Crippen molar-refractivity contribution in [1.82, 2.24) is 20.2 Å². The lowest BCUT2D eigenvalue weighted by atomic mass is 9.90. The molecule has 6 nitrogen and oxygen atoms in total. The molecule has 1 aromatic carbocycles. The Balaban J connectivity index is 1.26. The van der Waals surface area contributed by atoms with E-state index in [0.29, 0.717) is 12.6 Å². The largest absolute Gasteiger partial charge is 0.307 e. The minimum atomic E-state index is 0.318. The van der Waals surface area contributed by atoms with Crippen LogP contribution in [0, 0.1) is 0 Å². The van der Waals surface area contributed by atoms with Gasteiger partial charge in [-0.25, -0.2) is 4.99 Å². The number of nitrogens with zero attached hydrogens (tertiary/aromatic N) is 5. The molecule has 1 unspecified atom stereocenters. The van der Waals surface area contributed by atoms with Crippen molar-refractivity contribution in [3.63, 3.8) is 0 Å². The molecule has 2 aliphatic rings. The first-order valence-electron chi connectivity index (χ1n) is 11.8. The van der Waals surface area contributed by atoms with Crippen LogP contribution in [0.15, 0.2) is 77.0 Å². The molecule has 0 saturated heterocycles. The van der Waals surface area contributed by atoms with Gasteiger partial charge < -0.3 is 5.32 Å². The van der Waals surface area contributed by atoms with Crippen LogP contribution in [0.5, 0.6) is 0 Å². The summed E-state index contributed by atoms with van der Waals surface area (Å²) in [5.41, 5.74) is 7.40. The number of aliphatic imine (C=N–C) groups is 2. The summed E-state index contributed by atoms with van der Waals surface area (Å²) >= 11 is 0. The van der Waals surface area contributed by atoms with Gasteiger partial charge in [0.05, 0.1) is 29.7 Å². The number of fused-ring (bicyclic) bond motifs is 1. The van der Waals surface area contributed by atoms with E-state index < -0.39 is 0 Å². The van der Waals surface area contributed by atoms with Gasteiger partial charge in [-0.05, 0) is 54.2 Å². The van der Waals surface area contributed by atoms with Gasteiger partial charge in [0.1, 0.15) is 6.34 Å². The van der Waals surface area contributed by atoms with Crippen LogP contribution < -0.4 is 5.32 Å². The Labute approximate surface area is 195 Å². The highest BCUT2D eigenvalue weighted by atomic mass is 15.2. The fraction of sp³-hybridized carbons (Fsp3) is 0.333. The average molecular weight is 439 g/mol. The predicted molar refractivity (Wildman–Crippen MR) is 132 cm³/mol. The van der Waals surface area contributed by atoms with Crippen LogP contribution in [-0.2, 0) is 26.1 Å². The van der Waals surface area contributed by atoms with E-state index in [0.717, 1.165) is 50.4 Å². The standard InChI is InChI=1S/C27H30N6/c1-2-13-30-24(7-1)16-28-15-21-9-11-22(12-10-21)18-33(19-25-17-29-20-32-25)26-8-3-5-23-6-4-14-31-27(23)26/h1-2,4,6-7,9-14,20,26,28H,3,5,8,15-19H2. The molecule has 3 aromatic rings. The highest BCUT2D eigenvalue weighted by Gasteiger charge is 2.28. The molecule has 0 amide bonds. The lowest BCUT2D eigenvalue weighted by Crippen LogP contribution is -2.36. The zero-order valence-electron chi connectivity index (χ0n) is 18.9. The minimum absolute atomic E-state index is 0.318. The number of nitrogens with one attached hydrogen (secondary N) is 1. The van der Waals surface area contributed by atoms with Crippen molar-refractivity contribution in [2.75, 3.05) is 13.1 Å². The van der Waals surface area contributed by atoms with E-state index in [1.807, 2.05) is 30.6 Å². The van der Waals surface area contributed by atoms with Crippen molar-refractivity contribution in [2.45, 2.75) is 44.9 Å². The van der Waals surface area contributed by atoms with Crippen molar-refractivity contribution >= 4 is 12.1 Å². The van der Waals surface area contributed by atoms with Gasteiger partial charge in [-0.3, -0.25) is 19.9 Å². The van der Waals surface area contributed by atoms with Crippen molar-refractivity contribution in [2.24, 2.45) is 9.98 Å². The Morgan fingerprint density at radius 3 is 2.58 bits per heavy atom. The monoisotopic (exact) mass is 438 g/mol. The zero-order valence-corrected chi connectivity index (χ0v) is 18.9. The van der Waals surface area contributed by atoms with Crippen LogP contribution in [-0.4, -0.2) is 40.0 Å². The molecule has 1 aliphatic carbocycles. The summed E-state index contributed by atoms with van der Waals surface area (Å²) in [5, 5.41) is 3.48. The first kappa shape index (κ1) is 21.6. The summed E-state index contributed by atoms with van der Waals surface area (Å²) in [6.07, 6.45) is 8.90. The SMILES string of the molecule is C1=NCC(CN(Cc2ccc(CNCc3ccccn3)cc2)C2CCCc3cccnc32)=N1. The fourth-order valence-corrected chi connectivity index (χ4v) is 4.69. The van der Waals surface area contributed by atoms with Crippen LogP contribution in [0.2, 0.25) is 0 Å². The molecule has 6 heteroatoms. The molecule has 1 N–H and O–H groups in total. The smallest absolute Gasteiger partial charge is 0.110 e. The zero-order chi connectivity index (χ0) is 22.3. The van der Waals surface area contributed by atoms with Crippen molar-refractivity contribution in [1.29, 1.82) is 0 Å². The van der Waals surface area contributed by atoms with Gasteiger partial charge in [0, 0.05) is 38.6 Å². The quantitative estimate of drug-likeness (QED) is 0.546. The third-order valence-electron chi connectivity index (χ3n) is 6.36. The molecule has 0 spiro atoms. The summed E-state index contributed by atoms with van der Waals surface area (Å²) in [6.45, 7) is 4.01. The number of benzene rings is 1. The highest BCUT2D eigenvalue weighted by Crippen LogP contribution is 2.33. The Bertz CT molecular complexity index is 1110. The van der Waals surface area contributed by atoms with Gasteiger partial charge in [-0.1, -0.05) is 36.4 Å². The molecule has 1 aliphatic heterocycles. The van der Waals surface area contributed by atoms with Gasteiger partial charge in [0.2, 0.25) is 0 Å². The van der Waals surface area contributed by atoms with Gasteiger partial charge in [-0.2, -0.15) is 0 Å². The molecule has 0 fully saturated rings. The lowest BCUT2D eigenvalue weighted by Gasteiger charge is -2.35. The summed E-state index contributed by atoms with van der Waals surface area (Å²) in [6, 6.07) is 19.6. The van der Waals surface area contributed by atoms with Crippen LogP contribution in [0.4, 0.5) is 0 Å². The normalized spacial score (nSPS) is 17.2. The molecule has 0 radical (unpaired) electrons. The second-order valence-corrected chi connectivity index (χ2v) is 8.75. The Kier molecular flexibility index (Phi) is 6.94. The van der Waals surface area contributed by atoms with E-state index in [-0.39, 0.29) is 0 Å². The molecule has 168 valence electrons. The lowest BCUT2D eigenvalue weighted by molar-refractivity contribution is 0.191. The van der Waals surface area contributed by atoms with E-state index in [9.17, 15) is 0 Å². The Hall–Kier alpha value is -3.22. The molecule has 5 rings (SSSR count). The topological polar surface area (TPSA) is 65.8 Å². The van der Waals surface area contributed by atoms with Crippen molar-refractivity contribution in [3.05, 3.63) is 95.1 Å². The third-order valence-corrected chi connectivity index (χ3v) is 6.36. The minimum Gasteiger partial charge on any atom is -0.307 e. The van der Waals surface area contributed by atoms with Crippen molar-refractivity contribution < 1.29 is 0 Å². The molecule has 33 heavy (non-hydrogen) atoms. The summed E-state index contributed by atoms with van der Waals surface area (Å²) in [5.74, 6) is 0. The maximum atomic E-state index is 4.78. The second kappa shape index (κ2) is 10.6. The van der Waals surface area contributed by atoms with Crippen LogP contribution in [0.1, 0.15) is 47.0 Å². The first-order chi connectivity index (χ1) is 16.3. The molecule has 0 saturated carbocycles. The van der Waals surface area contributed by atoms with Crippen LogP contribution in [0.25, 0.3) is 0 Å². The highest BCUT2D eigenvalue weighted by molar-refractivity contribution is 5.97. The predicted octanol–water partition coefficient (Wildman–Crippen LogP) is 4.13. The van der Waals surface area contributed by atoms with E-state index >= 15 is 0 Å². The first-order valence-corrected chi connectivity index (χ1v) is 11.8. The van der Waals surface area contributed by atoms with Crippen molar-refractivity contribution in [3.8, 4) is 0 Å². The van der Waals surface area contributed by atoms with E-state index in [1.54, 1.807) is 6.34 Å². The number of rotatable bonds is 9. The number of hydrogen-bond acceptors (Lipinski definition) is 6. The fourth-order valence-electron chi connectivity index (χ4n) is 4.69. The van der Waals surface area contributed by atoms with E-state index in [2.05, 4.69) is 61.6 Å². The Morgan fingerprint density at radius 1 is 0.879 bits per heavy atom. The maximum absolute atomic E-state index is 4.78. The summed E-state index contributed by atoms with van der Waals surface area (Å²) in [7, 11) is 0. The molecule has 0 bridgehead atoms. The van der Waals surface area contributed by atoms with Gasteiger partial charge >= 0.3 is 0 Å². The second-order valence-electron chi connectivity index (χ2n) is 8.75. The van der Waals surface area contributed by atoms with Gasteiger partial charge in [0.15, 0.2) is 0 Å². The number of hydrogen-bond donors (Lipinski definition) is 1. The van der Waals surface area contributed by atoms with Gasteiger partial charge in [-0.15, -0.1) is 0 Å². The van der Waals surface area contributed by atoms with E-state index in [4.69, 9.17) is 4.98 Å². The number of aromatic nitrogens is 2. The Morgan fingerprint density at radius 2 is 1.76 bits per heavy atom. The van der Waals surface area contributed by atoms with Crippen LogP contribution >= 0.6 is 0 Å². The number of aryl methyl sites for hydroxylation is 1.